The molecule has 0 saturated heterocycles. The number of anilines is 2. The molecule has 0 radical (unpaired) electrons. The lowest BCUT2D eigenvalue weighted by molar-refractivity contribution is -0.138. The Kier molecular flexibility index (Phi) is 10.8. The van der Waals surface area contributed by atoms with Gasteiger partial charge in [-0.1, -0.05) is 12.1 Å². The van der Waals surface area contributed by atoms with E-state index < -0.39 is 46.4 Å². The molecule has 0 aliphatic rings. The zero-order valence-electron chi connectivity index (χ0n) is 27.0. The molecular weight excluding hydrogens is 672 g/mol. The van der Waals surface area contributed by atoms with Gasteiger partial charge < -0.3 is 27.0 Å². The lowest BCUT2D eigenvalue weighted by Gasteiger charge is -2.19. The van der Waals surface area contributed by atoms with Crippen molar-refractivity contribution in [2.45, 2.75) is 26.2 Å². The Bertz CT molecular complexity index is 1910. The molecule has 2 aromatic heterocycles. The SMILES string of the molecule is Cc1c(N)cc(C(=O)NCCN(C)CCNC(=O)c2cc(N)c(C)n(-c3cccc(C(F)(F)F)c3)c2=O)c(=O)n1-c1cccc(C(F)(F)F)c1. The standard InChI is InChI=1S/C33H33F6N7O4/c1-18-26(40)16-24(30(49)45(18)22-8-4-6-20(14-22)32(34,35)36)28(47)42-10-12-44(3)13-11-43-29(48)25-17-27(41)19(2)46(31(25)50)23-9-5-7-21(15-23)33(37,38)39/h4-9,14-17H,10-13,40-41H2,1-3H3,(H,42,47)(H,43,48). The zero-order chi connectivity index (χ0) is 37.1. The summed E-state index contributed by atoms with van der Waals surface area (Å²) in [4.78, 5) is 54.0. The first-order valence-electron chi connectivity index (χ1n) is 15.0. The number of nitrogens with one attached hydrogen (secondary N) is 2. The van der Waals surface area contributed by atoms with Crippen molar-refractivity contribution >= 4 is 23.2 Å². The molecule has 0 aliphatic heterocycles. The lowest BCUT2D eigenvalue weighted by Crippen LogP contribution is -2.40. The first-order chi connectivity index (χ1) is 23.3. The largest absolute Gasteiger partial charge is 0.416 e. The van der Waals surface area contributed by atoms with E-state index in [4.69, 9.17) is 11.5 Å². The van der Waals surface area contributed by atoms with Crippen molar-refractivity contribution in [3.05, 3.63) is 115 Å². The van der Waals surface area contributed by atoms with E-state index in [2.05, 4.69) is 10.6 Å². The molecule has 4 aromatic rings. The molecule has 6 N–H and O–H groups in total. The average molecular weight is 706 g/mol. The first-order valence-corrected chi connectivity index (χ1v) is 15.0. The second kappa shape index (κ2) is 14.5. The van der Waals surface area contributed by atoms with E-state index in [1.807, 2.05) is 0 Å². The molecule has 0 unspecified atom stereocenters. The van der Waals surface area contributed by atoms with Crippen LogP contribution in [0, 0.1) is 13.8 Å². The van der Waals surface area contributed by atoms with Crippen LogP contribution in [0.5, 0.6) is 0 Å². The summed E-state index contributed by atoms with van der Waals surface area (Å²) in [5.74, 6) is -1.61. The fourth-order valence-electron chi connectivity index (χ4n) is 5.06. The average Bonchev–Trinajstić information content (AvgIpc) is 3.04. The van der Waals surface area contributed by atoms with Gasteiger partial charge in [-0.15, -0.1) is 0 Å². The Hall–Kier alpha value is -5.58. The highest BCUT2D eigenvalue weighted by molar-refractivity contribution is 5.95. The van der Waals surface area contributed by atoms with Gasteiger partial charge in [0.1, 0.15) is 11.1 Å². The minimum absolute atomic E-state index is 0.0111. The van der Waals surface area contributed by atoms with Crippen LogP contribution in [0.1, 0.15) is 43.2 Å². The number of amides is 2. The Morgan fingerprint density at radius 2 is 1.04 bits per heavy atom. The number of rotatable bonds is 10. The molecule has 17 heteroatoms. The number of pyridine rings is 2. The number of nitrogen functional groups attached to an aromatic ring is 2. The summed E-state index contributed by atoms with van der Waals surface area (Å²) in [7, 11) is 1.66. The van der Waals surface area contributed by atoms with Crippen LogP contribution in [-0.2, 0) is 12.4 Å². The summed E-state index contributed by atoms with van der Waals surface area (Å²) in [6.45, 7) is 3.38. The van der Waals surface area contributed by atoms with Crippen molar-refractivity contribution in [3.8, 4) is 11.4 Å². The van der Waals surface area contributed by atoms with Gasteiger partial charge in [-0.2, -0.15) is 26.3 Å². The highest BCUT2D eigenvalue weighted by Crippen LogP contribution is 2.32. The van der Waals surface area contributed by atoms with Gasteiger partial charge in [0, 0.05) is 48.9 Å². The molecule has 2 aromatic carbocycles. The zero-order valence-corrected chi connectivity index (χ0v) is 27.0. The topological polar surface area (TPSA) is 157 Å². The molecular formula is C33H33F6N7O4. The number of benzene rings is 2. The summed E-state index contributed by atoms with van der Waals surface area (Å²) in [6, 6.07) is 10.4. The van der Waals surface area contributed by atoms with Gasteiger partial charge in [-0.3, -0.25) is 28.3 Å². The number of aromatic nitrogens is 2. The maximum atomic E-state index is 13.3. The van der Waals surface area contributed by atoms with E-state index in [0.717, 1.165) is 57.7 Å². The first kappa shape index (κ1) is 37.2. The van der Waals surface area contributed by atoms with E-state index in [0.29, 0.717) is 0 Å². The van der Waals surface area contributed by atoms with Crippen molar-refractivity contribution in [2.75, 3.05) is 44.7 Å². The molecule has 0 atom stereocenters. The number of nitrogens with two attached hydrogens (primary N) is 2. The molecule has 2 amide bonds. The summed E-state index contributed by atoms with van der Waals surface area (Å²) in [6.07, 6.45) is -9.32. The fraction of sp³-hybridized carbons (Fsp3) is 0.273. The Balaban J connectivity index is 1.38. The van der Waals surface area contributed by atoms with E-state index in [-0.39, 0.29) is 71.4 Å². The maximum absolute atomic E-state index is 13.3. The third kappa shape index (κ3) is 8.16. The van der Waals surface area contributed by atoms with Crippen LogP contribution < -0.4 is 33.2 Å². The van der Waals surface area contributed by atoms with Crippen molar-refractivity contribution < 1.29 is 35.9 Å². The second-order valence-electron chi connectivity index (χ2n) is 11.4. The Morgan fingerprint density at radius 3 is 1.38 bits per heavy atom. The number of halogens is 6. The molecule has 0 saturated carbocycles. The minimum Gasteiger partial charge on any atom is -0.397 e. The molecule has 266 valence electrons. The van der Waals surface area contributed by atoms with E-state index in [1.54, 1.807) is 11.9 Å². The molecule has 0 spiro atoms. The van der Waals surface area contributed by atoms with Gasteiger partial charge >= 0.3 is 12.4 Å². The molecule has 11 nitrogen and oxygen atoms in total. The molecule has 50 heavy (non-hydrogen) atoms. The van der Waals surface area contributed by atoms with Crippen molar-refractivity contribution in [2.24, 2.45) is 0 Å². The number of carbonyl (C=O) groups excluding carboxylic acids is 2. The van der Waals surface area contributed by atoms with E-state index >= 15 is 0 Å². The molecule has 2 heterocycles. The minimum atomic E-state index is -4.66. The highest BCUT2D eigenvalue weighted by Gasteiger charge is 2.32. The third-order valence-electron chi connectivity index (χ3n) is 7.88. The van der Waals surface area contributed by atoms with Gasteiger partial charge in [-0.05, 0) is 69.4 Å². The van der Waals surface area contributed by atoms with E-state index in [9.17, 15) is 45.5 Å². The predicted molar refractivity (Wildman–Crippen MR) is 175 cm³/mol. The monoisotopic (exact) mass is 705 g/mol. The van der Waals surface area contributed by atoms with Gasteiger partial charge in [0.05, 0.1) is 22.5 Å². The van der Waals surface area contributed by atoms with Gasteiger partial charge in [0.25, 0.3) is 22.9 Å². The van der Waals surface area contributed by atoms with Crippen LogP contribution in [0.3, 0.4) is 0 Å². The number of carbonyl (C=O) groups is 2. The summed E-state index contributed by atoms with van der Waals surface area (Å²) >= 11 is 0. The molecule has 0 bridgehead atoms. The summed E-state index contributed by atoms with van der Waals surface area (Å²) < 4.78 is 81.6. The van der Waals surface area contributed by atoms with Crippen LogP contribution >= 0.6 is 0 Å². The number of likely N-dealkylation sites (N-methyl/N-ethyl adjacent to an activating group) is 1. The van der Waals surface area contributed by atoms with Gasteiger partial charge in [0.2, 0.25) is 0 Å². The highest BCUT2D eigenvalue weighted by atomic mass is 19.4. The smallest absolute Gasteiger partial charge is 0.397 e. The fourth-order valence-corrected chi connectivity index (χ4v) is 5.06. The number of nitrogens with zero attached hydrogens (tertiary/aromatic N) is 3. The third-order valence-corrected chi connectivity index (χ3v) is 7.88. The quantitative estimate of drug-likeness (QED) is 0.182. The normalized spacial score (nSPS) is 11.9. The number of hydrogen-bond donors (Lipinski definition) is 4. The maximum Gasteiger partial charge on any atom is 0.416 e. The van der Waals surface area contributed by atoms with Crippen molar-refractivity contribution in [3.63, 3.8) is 0 Å². The summed E-state index contributed by atoms with van der Waals surface area (Å²) in [5, 5.41) is 5.13. The van der Waals surface area contributed by atoms with Crippen LogP contribution in [0.4, 0.5) is 37.7 Å². The predicted octanol–water partition coefficient (Wildman–Crippen LogP) is 3.90. The van der Waals surface area contributed by atoms with Crippen molar-refractivity contribution in [1.82, 2.24) is 24.7 Å². The van der Waals surface area contributed by atoms with Crippen LogP contribution in [-0.4, -0.2) is 59.1 Å². The molecule has 0 aliphatic carbocycles. The molecule has 0 fully saturated rings. The molecule has 4 rings (SSSR count). The second-order valence-corrected chi connectivity index (χ2v) is 11.4. The summed E-state index contributed by atoms with van der Waals surface area (Å²) in [5.41, 5.74) is 7.62. The lowest BCUT2D eigenvalue weighted by atomic mass is 10.1. The Morgan fingerprint density at radius 1 is 0.680 bits per heavy atom. The van der Waals surface area contributed by atoms with Gasteiger partial charge in [-0.25, -0.2) is 0 Å². The Labute approximate surface area is 281 Å². The van der Waals surface area contributed by atoms with Crippen molar-refractivity contribution in [1.29, 1.82) is 0 Å². The number of hydrogen-bond acceptors (Lipinski definition) is 7. The number of alkyl halides is 6. The van der Waals surface area contributed by atoms with Crippen LogP contribution in [0.2, 0.25) is 0 Å². The van der Waals surface area contributed by atoms with Crippen LogP contribution in [0.25, 0.3) is 11.4 Å². The van der Waals surface area contributed by atoms with Crippen LogP contribution in [0.15, 0.2) is 70.3 Å². The van der Waals surface area contributed by atoms with E-state index in [1.165, 1.54) is 26.0 Å². The van der Waals surface area contributed by atoms with Gasteiger partial charge in [0.15, 0.2) is 0 Å².